The minimum atomic E-state index is -0.534. The molecule has 1 heterocycles. The third-order valence-corrected chi connectivity index (χ3v) is 4.13. The molecule has 4 nitrogen and oxygen atoms in total. The quantitative estimate of drug-likeness (QED) is 0.929. The van der Waals surface area contributed by atoms with Gasteiger partial charge in [-0.15, -0.1) is 0 Å². The molecule has 2 atom stereocenters. The summed E-state index contributed by atoms with van der Waals surface area (Å²) in [5.74, 6) is -1.15. The van der Waals surface area contributed by atoms with Crippen LogP contribution in [0.1, 0.15) is 26.7 Å². The average molecular weight is 313 g/mol. The first-order valence-corrected chi connectivity index (χ1v) is 7.35. The number of nitrogens with one attached hydrogen (secondary N) is 1. The van der Waals surface area contributed by atoms with Crippen LogP contribution in [-0.4, -0.2) is 29.3 Å². The summed E-state index contributed by atoms with van der Waals surface area (Å²) in [6, 6.07) is 4.14. The molecule has 0 bridgehead atoms. The SMILES string of the molecule is CCC(C)N1CC(C(=O)Nc2ccc(F)c(Cl)c2)CC1=O. The van der Waals surface area contributed by atoms with Crippen molar-refractivity contribution in [1.82, 2.24) is 4.90 Å². The predicted octanol–water partition coefficient (Wildman–Crippen LogP) is 3.06. The fraction of sp³-hybridized carbons (Fsp3) is 0.467. The lowest BCUT2D eigenvalue weighted by Crippen LogP contribution is -2.35. The fourth-order valence-corrected chi connectivity index (χ4v) is 2.55. The fourth-order valence-electron chi connectivity index (χ4n) is 2.37. The first-order chi connectivity index (χ1) is 9.92. The van der Waals surface area contributed by atoms with E-state index in [1.54, 1.807) is 4.90 Å². The summed E-state index contributed by atoms with van der Waals surface area (Å²) < 4.78 is 13.1. The van der Waals surface area contributed by atoms with Gasteiger partial charge in [-0.25, -0.2) is 4.39 Å². The topological polar surface area (TPSA) is 49.4 Å². The maximum Gasteiger partial charge on any atom is 0.229 e. The van der Waals surface area contributed by atoms with Crippen LogP contribution in [0, 0.1) is 11.7 Å². The van der Waals surface area contributed by atoms with Gasteiger partial charge in [-0.2, -0.15) is 0 Å². The maximum absolute atomic E-state index is 13.1. The number of amides is 2. The molecule has 1 aromatic carbocycles. The van der Waals surface area contributed by atoms with Crippen LogP contribution in [0.2, 0.25) is 5.02 Å². The van der Waals surface area contributed by atoms with Crippen molar-refractivity contribution in [3.05, 3.63) is 29.0 Å². The number of benzene rings is 1. The smallest absolute Gasteiger partial charge is 0.229 e. The minimum absolute atomic E-state index is 0.00152. The number of likely N-dealkylation sites (tertiary alicyclic amines) is 1. The van der Waals surface area contributed by atoms with E-state index >= 15 is 0 Å². The first-order valence-electron chi connectivity index (χ1n) is 6.97. The third-order valence-electron chi connectivity index (χ3n) is 3.84. The van der Waals surface area contributed by atoms with E-state index < -0.39 is 5.82 Å². The van der Waals surface area contributed by atoms with Gasteiger partial charge >= 0.3 is 0 Å². The molecule has 21 heavy (non-hydrogen) atoms. The second-order valence-corrected chi connectivity index (χ2v) is 5.73. The number of halogens is 2. The van der Waals surface area contributed by atoms with Crippen LogP contribution in [0.3, 0.4) is 0 Å². The third kappa shape index (κ3) is 3.53. The van der Waals surface area contributed by atoms with E-state index in [1.165, 1.54) is 18.2 Å². The van der Waals surface area contributed by atoms with Crippen LogP contribution >= 0.6 is 11.6 Å². The van der Waals surface area contributed by atoms with Crippen LogP contribution in [0.15, 0.2) is 18.2 Å². The van der Waals surface area contributed by atoms with Crippen LogP contribution in [0.4, 0.5) is 10.1 Å². The largest absolute Gasteiger partial charge is 0.339 e. The van der Waals surface area contributed by atoms with Crippen molar-refractivity contribution in [2.24, 2.45) is 5.92 Å². The van der Waals surface area contributed by atoms with Gasteiger partial charge in [0.25, 0.3) is 0 Å². The second kappa shape index (κ2) is 6.43. The zero-order valence-electron chi connectivity index (χ0n) is 12.0. The number of hydrogen-bond donors (Lipinski definition) is 1. The van der Waals surface area contributed by atoms with E-state index in [1.807, 2.05) is 13.8 Å². The minimum Gasteiger partial charge on any atom is -0.339 e. The van der Waals surface area contributed by atoms with Gasteiger partial charge < -0.3 is 10.2 Å². The van der Waals surface area contributed by atoms with Gasteiger partial charge in [-0.3, -0.25) is 9.59 Å². The van der Waals surface area contributed by atoms with Crippen LogP contribution < -0.4 is 5.32 Å². The number of rotatable bonds is 4. The van der Waals surface area contributed by atoms with Crippen molar-refractivity contribution in [3.8, 4) is 0 Å². The molecule has 0 radical (unpaired) electrons. The molecule has 1 saturated heterocycles. The molecule has 1 N–H and O–H groups in total. The summed E-state index contributed by atoms with van der Waals surface area (Å²) in [5.41, 5.74) is 0.431. The van der Waals surface area contributed by atoms with Crippen LogP contribution in [0.25, 0.3) is 0 Å². The summed E-state index contributed by atoms with van der Waals surface area (Å²) in [6.07, 6.45) is 1.07. The summed E-state index contributed by atoms with van der Waals surface area (Å²) in [5, 5.41) is 2.64. The van der Waals surface area contributed by atoms with E-state index in [0.717, 1.165) is 6.42 Å². The molecule has 0 aliphatic carbocycles. The highest BCUT2D eigenvalue weighted by molar-refractivity contribution is 6.31. The molecule has 0 aromatic heterocycles. The first kappa shape index (κ1) is 15.8. The summed E-state index contributed by atoms with van der Waals surface area (Å²) >= 11 is 5.67. The van der Waals surface area contributed by atoms with Crippen molar-refractivity contribution in [3.63, 3.8) is 0 Å². The Labute approximate surface area is 128 Å². The molecule has 2 rings (SSSR count). The molecule has 0 saturated carbocycles. The highest BCUT2D eigenvalue weighted by atomic mass is 35.5. The average Bonchev–Trinajstić information content (AvgIpc) is 2.84. The van der Waals surface area contributed by atoms with Crippen molar-refractivity contribution < 1.29 is 14.0 Å². The lowest BCUT2D eigenvalue weighted by molar-refractivity contribution is -0.129. The molecule has 2 amide bonds. The Kier molecular flexibility index (Phi) is 4.83. The monoisotopic (exact) mass is 312 g/mol. The zero-order valence-corrected chi connectivity index (χ0v) is 12.8. The Hall–Kier alpha value is -1.62. The number of carbonyl (C=O) groups excluding carboxylic acids is 2. The molecule has 1 aliphatic rings. The van der Waals surface area contributed by atoms with E-state index in [0.29, 0.717) is 12.2 Å². The Morgan fingerprint density at radius 2 is 2.29 bits per heavy atom. The van der Waals surface area contributed by atoms with E-state index in [-0.39, 0.29) is 35.2 Å². The normalized spacial score (nSPS) is 19.7. The van der Waals surface area contributed by atoms with E-state index in [9.17, 15) is 14.0 Å². The van der Waals surface area contributed by atoms with Gasteiger partial charge in [0.15, 0.2) is 0 Å². The van der Waals surface area contributed by atoms with Crippen molar-refractivity contribution in [2.45, 2.75) is 32.7 Å². The summed E-state index contributed by atoms with van der Waals surface area (Å²) in [4.78, 5) is 25.8. The number of nitrogens with zero attached hydrogens (tertiary/aromatic N) is 1. The van der Waals surface area contributed by atoms with Gasteiger partial charge in [0, 0.05) is 24.7 Å². The predicted molar refractivity (Wildman–Crippen MR) is 79.6 cm³/mol. The molecule has 2 unspecified atom stereocenters. The van der Waals surface area contributed by atoms with Crippen LogP contribution in [-0.2, 0) is 9.59 Å². The van der Waals surface area contributed by atoms with Crippen LogP contribution in [0.5, 0.6) is 0 Å². The molecule has 1 aliphatic heterocycles. The lowest BCUT2D eigenvalue weighted by Gasteiger charge is -2.23. The molecule has 6 heteroatoms. The molecule has 0 spiro atoms. The second-order valence-electron chi connectivity index (χ2n) is 5.32. The molecule has 1 fully saturated rings. The molecule has 1 aromatic rings. The zero-order chi connectivity index (χ0) is 15.6. The summed E-state index contributed by atoms with van der Waals surface area (Å²) in [7, 11) is 0. The lowest BCUT2D eigenvalue weighted by atomic mass is 10.1. The highest BCUT2D eigenvalue weighted by Gasteiger charge is 2.36. The Balaban J connectivity index is 2.01. The highest BCUT2D eigenvalue weighted by Crippen LogP contribution is 2.24. The van der Waals surface area contributed by atoms with Crippen molar-refractivity contribution in [2.75, 3.05) is 11.9 Å². The van der Waals surface area contributed by atoms with Crippen molar-refractivity contribution in [1.29, 1.82) is 0 Å². The molecular weight excluding hydrogens is 295 g/mol. The van der Waals surface area contributed by atoms with Gasteiger partial charge in [0.05, 0.1) is 10.9 Å². The van der Waals surface area contributed by atoms with E-state index in [4.69, 9.17) is 11.6 Å². The standard InChI is InChI=1S/C15H18ClFN2O2/c1-3-9(2)19-8-10(6-14(19)20)15(21)18-11-4-5-13(17)12(16)7-11/h4-5,7,9-10H,3,6,8H2,1-2H3,(H,18,21). The van der Waals surface area contributed by atoms with Gasteiger partial charge in [-0.1, -0.05) is 18.5 Å². The van der Waals surface area contributed by atoms with Gasteiger partial charge in [0.2, 0.25) is 11.8 Å². The Bertz CT molecular complexity index is 565. The maximum atomic E-state index is 13.1. The summed E-state index contributed by atoms with van der Waals surface area (Å²) in [6.45, 7) is 4.40. The number of carbonyl (C=O) groups is 2. The number of anilines is 1. The van der Waals surface area contributed by atoms with Crippen molar-refractivity contribution >= 4 is 29.1 Å². The van der Waals surface area contributed by atoms with Gasteiger partial charge in [-0.05, 0) is 31.5 Å². The molecular formula is C15H18ClFN2O2. The van der Waals surface area contributed by atoms with Gasteiger partial charge in [0.1, 0.15) is 5.82 Å². The molecule has 114 valence electrons. The Morgan fingerprint density at radius 3 is 2.90 bits per heavy atom. The Morgan fingerprint density at radius 1 is 1.57 bits per heavy atom. The van der Waals surface area contributed by atoms with E-state index in [2.05, 4.69) is 5.32 Å². The number of hydrogen-bond acceptors (Lipinski definition) is 2.